The van der Waals surface area contributed by atoms with E-state index in [-0.39, 0.29) is 17.1 Å². The van der Waals surface area contributed by atoms with E-state index in [0.717, 1.165) is 18.5 Å². The van der Waals surface area contributed by atoms with Crippen LogP contribution in [0.4, 0.5) is 0 Å². The molecule has 3 atom stereocenters. The minimum atomic E-state index is 0.0517. The Kier molecular flexibility index (Phi) is 4.97. The molecule has 0 heterocycles. The molecule has 3 rings (SSSR count). The predicted octanol–water partition coefficient (Wildman–Crippen LogP) is 4.15. The van der Waals surface area contributed by atoms with Crippen LogP contribution in [0.1, 0.15) is 34.3 Å². The van der Waals surface area contributed by atoms with E-state index < -0.39 is 0 Å². The van der Waals surface area contributed by atoms with Crippen LogP contribution in [0.2, 0.25) is 0 Å². The van der Waals surface area contributed by atoms with Gasteiger partial charge in [-0.25, -0.2) is 0 Å². The molecule has 1 aliphatic rings. The van der Waals surface area contributed by atoms with Gasteiger partial charge in [0, 0.05) is 17.4 Å². The predicted molar refractivity (Wildman–Crippen MR) is 95.1 cm³/mol. The zero-order chi connectivity index (χ0) is 16.2. The molecule has 0 N–H and O–H groups in total. The van der Waals surface area contributed by atoms with E-state index in [4.69, 9.17) is 0 Å². The summed E-state index contributed by atoms with van der Waals surface area (Å²) in [5.41, 5.74) is 3.16. The smallest absolute Gasteiger partial charge is 0.150 e. The summed E-state index contributed by atoms with van der Waals surface area (Å²) in [7, 11) is 0. The Morgan fingerprint density at radius 2 is 1.74 bits per heavy atom. The number of carbonyl (C=O) groups excluding carboxylic acids is 2. The van der Waals surface area contributed by atoms with Gasteiger partial charge in [-0.05, 0) is 23.3 Å². The van der Waals surface area contributed by atoms with Gasteiger partial charge in [-0.1, -0.05) is 61.5 Å². The van der Waals surface area contributed by atoms with Crippen LogP contribution in [0.3, 0.4) is 0 Å². The van der Waals surface area contributed by atoms with Gasteiger partial charge in [0.15, 0.2) is 0 Å². The third kappa shape index (κ3) is 3.40. The Hall–Kier alpha value is -1.87. The van der Waals surface area contributed by atoms with Crippen molar-refractivity contribution in [1.82, 2.24) is 0 Å². The van der Waals surface area contributed by atoms with Gasteiger partial charge >= 0.3 is 0 Å². The lowest BCUT2D eigenvalue weighted by Gasteiger charge is -2.41. The fraction of sp³-hybridized carbons (Fsp3) is 0.300. The highest BCUT2D eigenvalue weighted by atomic mass is 32.2. The maximum Gasteiger partial charge on any atom is 0.150 e. The SMILES string of the molecule is CC1C(=O)C(SCCc2ccccc2)C1c1ccc(C=O)cc1. The Morgan fingerprint density at radius 1 is 1.04 bits per heavy atom. The third-order valence-corrected chi connectivity index (χ3v) is 5.91. The van der Waals surface area contributed by atoms with Crippen LogP contribution in [-0.4, -0.2) is 23.1 Å². The van der Waals surface area contributed by atoms with Crippen LogP contribution in [0, 0.1) is 5.92 Å². The Morgan fingerprint density at radius 3 is 2.39 bits per heavy atom. The summed E-state index contributed by atoms with van der Waals surface area (Å²) in [5, 5.41) is 0.0517. The van der Waals surface area contributed by atoms with Gasteiger partial charge in [-0.3, -0.25) is 9.59 Å². The highest BCUT2D eigenvalue weighted by Crippen LogP contribution is 2.46. The Bertz CT molecular complexity index is 679. The van der Waals surface area contributed by atoms with Crippen LogP contribution in [0.25, 0.3) is 0 Å². The number of rotatable bonds is 6. The molecule has 0 aliphatic heterocycles. The van der Waals surface area contributed by atoms with Crippen molar-refractivity contribution >= 4 is 23.8 Å². The van der Waals surface area contributed by atoms with Crippen LogP contribution >= 0.6 is 11.8 Å². The van der Waals surface area contributed by atoms with Gasteiger partial charge in [-0.15, -0.1) is 11.8 Å². The van der Waals surface area contributed by atoms with Gasteiger partial charge in [0.05, 0.1) is 5.25 Å². The average Bonchev–Trinajstić information content (AvgIpc) is 2.61. The van der Waals surface area contributed by atoms with Crippen LogP contribution < -0.4 is 0 Å². The molecule has 0 amide bonds. The molecule has 0 spiro atoms. The molecule has 0 bridgehead atoms. The van der Waals surface area contributed by atoms with E-state index in [1.54, 1.807) is 11.8 Å². The van der Waals surface area contributed by atoms with E-state index in [2.05, 4.69) is 12.1 Å². The van der Waals surface area contributed by atoms with Crippen molar-refractivity contribution in [2.45, 2.75) is 24.5 Å². The quantitative estimate of drug-likeness (QED) is 0.749. The second-order valence-corrected chi connectivity index (χ2v) is 7.28. The van der Waals surface area contributed by atoms with Gasteiger partial charge in [-0.2, -0.15) is 0 Å². The molecule has 1 aliphatic carbocycles. The first-order valence-corrected chi connectivity index (χ1v) is 9.00. The van der Waals surface area contributed by atoms with E-state index in [1.165, 1.54) is 11.1 Å². The van der Waals surface area contributed by atoms with Crippen molar-refractivity contribution in [2.75, 3.05) is 5.75 Å². The monoisotopic (exact) mass is 324 g/mol. The number of hydrogen-bond donors (Lipinski definition) is 0. The molecule has 1 fully saturated rings. The van der Waals surface area contributed by atoms with E-state index >= 15 is 0 Å². The summed E-state index contributed by atoms with van der Waals surface area (Å²) < 4.78 is 0. The second-order valence-electron chi connectivity index (χ2n) is 6.03. The van der Waals surface area contributed by atoms with Gasteiger partial charge in [0.2, 0.25) is 0 Å². The topological polar surface area (TPSA) is 34.1 Å². The summed E-state index contributed by atoms with van der Waals surface area (Å²) in [6.07, 6.45) is 1.84. The zero-order valence-corrected chi connectivity index (χ0v) is 14.0. The van der Waals surface area contributed by atoms with Crippen molar-refractivity contribution in [2.24, 2.45) is 5.92 Å². The molecule has 1 saturated carbocycles. The molecule has 2 aromatic rings. The van der Waals surface area contributed by atoms with E-state index in [0.29, 0.717) is 11.3 Å². The first kappa shape index (κ1) is 16.0. The molecular formula is C20H20O2S. The number of carbonyl (C=O) groups is 2. The molecule has 118 valence electrons. The third-order valence-electron chi connectivity index (χ3n) is 4.58. The van der Waals surface area contributed by atoms with Gasteiger partial charge in [0.1, 0.15) is 12.1 Å². The number of aryl methyl sites for hydroxylation is 1. The number of thioether (sulfide) groups is 1. The van der Waals surface area contributed by atoms with Gasteiger partial charge in [0.25, 0.3) is 0 Å². The first-order chi connectivity index (χ1) is 11.2. The van der Waals surface area contributed by atoms with Crippen molar-refractivity contribution in [3.8, 4) is 0 Å². The fourth-order valence-electron chi connectivity index (χ4n) is 3.15. The molecule has 3 unspecified atom stereocenters. The van der Waals surface area contributed by atoms with Crippen molar-refractivity contribution in [3.05, 3.63) is 71.3 Å². The summed E-state index contributed by atoms with van der Waals surface area (Å²) in [4.78, 5) is 23.0. The minimum absolute atomic E-state index is 0.0517. The van der Waals surface area contributed by atoms with E-state index in [1.807, 2.05) is 49.4 Å². The van der Waals surface area contributed by atoms with Crippen molar-refractivity contribution in [3.63, 3.8) is 0 Å². The second kappa shape index (κ2) is 7.14. The Labute approximate surface area is 141 Å². The molecular weight excluding hydrogens is 304 g/mol. The van der Waals surface area contributed by atoms with E-state index in [9.17, 15) is 9.59 Å². The van der Waals surface area contributed by atoms with Gasteiger partial charge < -0.3 is 0 Å². The molecule has 0 aromatic heterocycles. The maximum absolute atomic E-state index is 12.2. The highest BCUT2D eigenvalue weighted by molar-refractivity contribution is 8.00. The number of benzene rings is 2. The molecule has 0 saturated heterocycles. The lowest BCUT2D eigenvalue weighted by atomic mass is 9.69. The number of ketones is 1. The molecule has 2 aromatic carbocycles. The minimum Gasteiger partial charge on any atom is -0.298 e. The Balaban J connectivity index is 1.63. The average molecular weight is 324 g/mol. The number of Topliss-reactive ketones (excluding diaryl/α,β-unsaturated/α-hetero) is 1. The number of hydrogen-bond acceptors (Lipinski definition) is 3. The zero-order valence-electron chi connectivity index (χ0n) is 13.1. The first-order valence-electron chi connectivity index (χ1n) is 7.95. The summed E-state index contributed by atoms with van der Waals surface area (Å²) in [6.45, 7) is 2.01. The van der Waals surface area contributed by atoms with Crippen LogP contribution in [-0.2, 0) is 11.2 Å². The number of aldehydes is 1. The van der Waals surface area contributed by atoms with Crippen molar-refractivity contribution in [1.29, 1.82) is 0 Å². The molecule has 23 heavy (non-hydrogen) atoms. The standard InChI is InChI=1S/C20H20O2S/c1-14-18(17-9-7-16(13-21)8-10-17)20(19(14)22)23-12-11-15-5-3-2-4-6-15/h2-10,13-14,18,20H,11-12H2,1H3. The normalized spacial score (nSPS) is 23.3. The lowest BCUT2D eigenvalue weighted by Crippen LogP contribution is -2.47. The summed E-state index contributed by atoms with van der Waals surface area (Å²) in [6, 6.07) is 18.0. The maximum atomic E-state index is 12.2. The van der Waals surface area contributed by atoms with Crippen molar-refractivity contribution < 1.29 is 9.59 Å². The lowest BCUT2D eigenvalue weighted by molar-refractivity contribution is -0.129. The molecule has 3 heteroatoms. The van der Waals surface area contributed by atoms with Crippen LogP contribution in [0.5, 0.6) is 0 Å². The summed E-state index contributed by atoms with van der Waals surface area (Å²) in [5.74, 6) is 1.65. The molecule has 2 nitrogen and oxygen atoms in total. The molecule has 0 radical (unpaired) electrons. The highest BCUT2D eigenvalue weighted by Gasteiger charge is 2.47. The van der Waals surface area contributed by atoms with Crippen LogP contribution in [0.15, 0.2) is 54.6 Å². The largest absolute Gasteiger partial charge is 0.298 e. The fourth-order valence-corrected chi connectivity index (χ4v) is 4.74. The summed E-state index contributed by atoms with van der Waals surface area (Å²) >= 11 is 1.76.